The third-order valence-electron chi connectivity index (χ3n) is 4.68. The first-order chi connectivity index (χ1) is 13.4. The second-order valence-corrected chi connectivity index (χ2v) is 8.50. The van der Waals surface area contributed by atoms with Gasteiger partial charge in [0.25, 0.3) is 5.91 Å². The Hall–Kier alpha value is -2.84. The molecule has 1 saturated heterocycles. The molecule has 2 aromatic carbocycles. The number of nitrogens with two attached hydrogens (primary N) is 1. The number of carbonyl (C=O) groups is 1. The number of nitrogens with zero attached hydrogens (tertiary/aromatic N) is 2. The molecule has 1 amide bonds. The Morgan fingerprint density at radius 3 is 2.39 bits per heavy atom. The monoisotopic (exact) mass is 400 g/mol. The number of amides is 1. The lowest BCUT2D eigenvalue weighted by atomic mass is 10.1. The third-order valence-corrected chi connectivity index (χ3v) is 6.71. The zero-order valence-corrected chi connectivity index (χ0v) is 16.5. The second-order valence-electron chi connectivity index (χ2n) is 6.61. The van der Waals surface area contributed by atoms with Gasteiger partial charge in [-0.3, -0.25) is 4.79 Å². The largest absolute Gasteiger partial charge is 0.403 e. The summed E-state index contributed by atoms with van der Waals surface area (Å²) in [6.07, 6.45) is 2.93. The smallest absolute Gasteiger partial charge is 0.253 e. The molecule has 7 nitrogen and oxygen atoms in total. The van der Waals surface area contributed by atoms with Gasteiger partial charge in [-0.2, -0.15) is 4.31 Å². The van der Waals surface area contributed by atoms with E-state index in [2.05, 4.69) is 5.32 Å². The summed E-state index contributed by atoms with van der Waals surface area (Å²) in [5.74, 6) is -0.0760. The zero-order valence-electron chi connectivity index (χ0n) is 15.7. The fraction of sp³-hybridized carbons (Fsp3) is 0.250. The molecule has 0 aliphatic carbocycles. The van der Waals surface area contributed by atoms with Crippen molar-refractivity contribution in [1.82, 2.24) is 9.21 Å². The summed E-state index contributed by atoms with van der Waals surface area (Å²) in [4.78, 5) is 14.6. The summed E-state index contributed by atoms with van der Waals surface area (Å²) >= 11 is 0. The molecular weight excluding hydrogens is 376 g/mol. The lowest BCUT2D eigenvalue weighted by Gasteiger charge is -2.39. The molecule has 28 heavy (non-hydrogen) atoms. The van der Waals surface area contributed by atoms with Crippen LogP contribution in [0.1, 0.15) is 17.3 Å². The van der Waals surface area contributed by atoms with Crippen LogP contribution in [0, 0.1) is 0 Å². The SMILES string of the molecule is CC1CN(C(=O)c2ccccc2)CCN1S(=O)(=O)c1ccc(N/C=C\N)cc1. The van der Waals surface area contributed by atoms with Crippen LogP contribution in [0.25, 0.3) is 0 Å². The van der Waals surface area contributed by atoms with Crippen molar-refractivity contribution in [3.05, 3.63) is 72.6 Å². The van der Waals surface area contributed by atoms with Crippen LogP contribution in [-0.4, -0.2) is 49.2 Å². The minimum absolute atomic E-state index is 0.0760. The van der Waals surface area contributed by atoms with Crippen molar-refractivity contribution >= 4 is 21.6 Å². The Labute approximate surface area is 165 Å². The van der Waals surface area contributed by atoms with E-state index in [-0.39, 0.29) is 23.4 Å². The average molecular weight is 401 g/mol. The Bertz CT molecular complexity index is 943. The highest BCUT2D eigenvalue weighted by Gasteiger charge is 2.35. The van der Waals surface area contributed by atoms with Gasteiger partial charge in [0.05, 0.1) is 4.90 Å². The van der Waals surface area contributed by atoms with E-state index in [4.69, 9.17) is 5.73 Å². The molecule has 1 heterocycles. The second kappa shape index (κ2) is 8.45. The topological polar surface area (TPSA) is 95.7 Å². The predicted octanol–water partition coefficient (Wildman–Crippen LogP) is 2.06. The summed E-state index contributed by atoms with van der Waals surface area (Å²) in [5, 5.41) is 2.94. The summed E-state index contributed by atoms with van der Waals surface area (Å²) < 4.78 is 27.5. The third kappa shape index (κ3) is 4.18. The van der Waals surface area contributed by atoms with Crippen molar-refractivity contribution in [3.8, 4) is 0 Å². The molecule has 1 atom stereocenters. The molecule has 1 fully saturated rings. The van der Waals surface area contributed by atoms with Crippen LogP contribution in [0.2, 0.25) is 0 Å². The van der Waals surface area contributed by atoms with Crippen molar-refractivity contribution in [3.63, 3.8) is 0 Å². The normalized spacial score (nSPS) is 18.3. The Balaban J connectivity index is 1.71. The van der Waals surface area contributed by atoms with E-state index >= 15 is 0 Å². The van der Waals surface area contributed by atoms with Gasteiger partial charge in [0.2, 0.25) is 10.0 Å². The molecular formula is C20H24N4O3S. The number of anilines is 1. The van der Waals surface area contributed by atoms with Gasteiger partial charge in [0.1, 0.15) is 0 Å². The van der Waals surface area contributed by atoms with Crippen LogP contribution in [0.3, 0.4) is 0 Å². The zero-order chi connectivity index (χ0) is 20.1. The van der Waals surface area contributed by atoms with E-state index in [0.717, 1.165) is 5.69 Å². The minimum atomic E-state index is -3.64. The predicted molar refractivity (Wildman–Crippen MR) is 109 cm³/mol. The standard InChI is InChI=1S/C20H24N4O3S/c1-16-15-23(20(25)17-5-3-2-4-6-17)13-14-24(16)28(26,27)19-9-7-18(8-10-19)22-12-11-21/h2-12,16,22H,13-15,21H2,1H3/b12-11-. The molecule has 1 unspecified atom stereocenters. The van der Waals surface area contributed by atoms with Gasteiger partial charge < -0.3 is 16.0 Å². The molecule has 2 aromatic rings. The van der Waals surface area contributed by atoms with E-state index in [9.17, 15) is 13.2 Å². The maximum atomic E-state index is 13.0. The lowest BCUT2D eigenvalue weighted by Crippen LogP contribution is -2.55. The van der Waals surface area contributed by atoms with Crippen LogP contribution in [0.5, 0.6) is 0 Å². The van der Waals surface area contributed by atoms with Gasteiger partial charge in [0.15, 0.2) is 0 Å². The van der Waals surface area contributed by atoms with Gasteiger partial charge in [-0.25, -0.2) is 8.42 Å². The number of sulfonamides is 1. The summed E-state index contributed by atoms with van der Waals surface area (Å²) in [5.41, 5.74) is 6.64. The minimum Gasteiger partial charge on any atom is -0.403 e. The van der Waals surface area contributed by atoms with Gasteiger partial charge in [-0.15, -0.1) is 0 Å². The molecule has 0 bridgehead atoms. The molecule has 0 saturated carbocycles. The number of carbonyl (C=O) groups excluding carboxylic acids is 1. The van der Waals surface area contributed by atoms with Crippen LogP contribution < -0.4 is 11.1 Å². The van der Waals surface area contributed by atoms with E-state index in [1.807, 2.05) is 25.1 Å². The van der Waals surface area contributed by atoms with Crippen LogP contribution >= 0.6 is 0 Å². The highest BCUT2D eigenvalue weighted by atomic mass is 32.2. The average Bonchev–Trinajstić information content (AvgIpc) is 2.72. The Morgan fingerprint density at radius 2 is 1.79 bits per heavy atom. The molecule has 0 aromatic heterocycles. The number of piperazine rings is 1. The van der Waals surface area contributed by atoms with Gasteiger partial charge in [0, 0.05) is 49.3 Å². The fourth-order valence-corrected chi connectivity index (χ4v) is 4.86. The Morgan fingerprint density at radius 1 is 1.11 bits per heavy atom. The first kappa shape index (κ1) is 19.9. The van der Waals surface area contributed by atoms with Crippen molar-refractivity contribution in [1.29, 1.82) is 0 Å². The first-order valence-electron chi connectivity index (χ1n) is 9.03. The molecule has 0 spiro atoms. The highest BCUT2D eigenvalue weighted by Crippen LogP contribution is 2.23. The maximum absolute atomic E-state index is 13.0. The fourth-order valence-electron chi connectivity index (χ4n) is 3.25. The molecule has 0 radical (unpaired) electrons. The number of nitrogens with one attached hydrogen (secondary N) is 1. The van der Waals surface area contributed by atoms with E-state index in [1.165, 1.54) is 10.5 Å². The molecule has 1 aliphatic rings. The van der Waals surface area contributed by atoms with Crippen molar-refractivity contribution in [2.75, 3.05) is 25.0 Å². The van der Waals surface area contributed by atoms with E-state index < -0.39 is 10.0 Å². The van der Waals surface area contributed by atoms with Crippen molar-refractivity contribution in [2.45, 2.75) is 17.9 Å². The summed E-state index contributed by atoms with van der Waals surface area (Å²) in [7, 11) is -3.64. The van der Waals surface area contributed by atoms with E-state index in [1.54, 1.807) is 47.5 Å². The number of hydrogen-bond donors (Lipinski definition) is 2. The number of hydrogen-bond acceptors (Lipinski definition) is 5. The summed E-state index contributed by atoms with van der Waals surface area (Å²) in [6, 6.07) is 15.2. The van der Waals surface area contributed by atoms with Crippen molar-refractivity contribution < 1.29 is 13.2 Å². The lowest BCUT2D eigenvalue weighted by molar-refractivity contribution is 0.0642. The molecule has 148 valence electrons. The van der Waals surface area contributed by atoms with E-state index in [0.29, 0.717) is 18.7 Å². The van der Waals surface area contributed by atoms with Crippen LogP contribution in [0.15, 0.2) is 71.9 Å². The highest BCUT2D eigenvalue weighted by molar-refractivity contribution is 7.89. The molecule has 3 rings (SSSR count). The number of rotatable bonds is 5. The van der Waals surface area contributed by atoms with Gasteiger partial charge in [-0.05, 0) is 43.3 Å². The van der Waals surface area contributed by atoms with Crippen LogP contribution in [0.4, 0.5) is 5.69 Å². The van der Waals surface area contributed by atoms with Gasteiger partial charge in [-0.1, -0.05) is 18.2 Å². The molecule has 1 aliphatic heterocycles. The quantitative estimate of drug-likeness (QED) is 0.801. The first-order valence-corrected chi connectivity index (χ1v) is 10.5. The van der Waals surface area contributed by atoms with Crippen molar-refractivity contribution in [2.24, 2.45) is 5.73 Å². The molecule has 8 heteroatoms. The van der Waals surface area contributed by atoms with Gasteiger partial charge >= 0.3 is 0 Å². The Kier molecular flexibility index (Phi) is 6.01. The summed E-state index contributed by atoms with van der Waals surface area (Å²) in [6.45, 7) is 2.80. The van der Waals surface area contributed by atoms with Crippen LogP contribution in [-0.2, 0) is 10.0 Å². The maximum Gasteiger partial charge on any atom is 0.253 e. The number of benzene rings is 2. The molecule has 3 N–H and O–H groups in total.